The molecule has 4 amide bonds. The van der Waals surface area contributed by atoms with E-state index in [1.165, 1.54) is 0 Å². The Labute approximate surface area is 82.2 Å². The van der Waals surface area contributed by atoms with Crippen LogP contribution in [0.3, 0.4) is 0 Å². The van der Waals surface area contributed by atoms with Gasteiger partial charge >= 0.3 is 12.1 Å². The van der Waals surface area contributed by atoms with Crippen LogP contribution in [0, 0.1) is 0 Å². The molecule has 0 saturated carbocycles. The maximum atomic E-state index is 10.4. The van der Waals surface area contributed by atoms with Crippen molar-refractivity contribution in [1.82, 2.24) is 13.2 Å². The van der Waals surface area contributed by atoms with Crippen LogP contribution in [0.25, 0.3) is 0 Å². The third-order valence-electron chi connectivity index (χ3n) is 0.521. The molecule has 0 aliphatic heterocycles. The van der Waals surface area contributed by atoms with Crippen LogP contribution in [-0.2, 0) is 0 Å². The van der Waals surface area contributed by atoms with E-state index >= 15 is 0 Å². The minimum atomic E-state index is -1.05. The predicted molar refractivity (Wildman–Crippen MR) is 41.0 cm³/mol. The molecule has 0 rings (SSSR count). The summed E-state index contributed by atoms with van der Waals surface area (Å²) in [5, 5.41) is 1.62. The first-order chi connectivity index (χ1) is 4.95. The Morgan fingerprint density at radius 3 is 1.36 bits per heavy atom. The molecule has 9 heteroatoms. The molecule has 0 saturated heterocycles. The smallest absolute Gasteiger partial charge is 0.255 e. The van der Waals surface area contributed by atoms with E-state index in [-0.39, 0.29) is 7.88 Å². The molecule has 0 aliphatic rings. The van der Waals surface area contributed by atoms with Crippen LogP contribution in [-0.4, -0.2) is 19.9 Å². The van der Waals surface area contributed by atoms with E-state index in [9.17, 15) is 9.59 Å². The summed E-state index contributed by atoms with van der Waals surface area (Å²) in [6.07, 6.45) is 0. The van der Waals surface area contributed by atoms with E-state index in [1.807, 2.05) is 0 Å². The number of hydrogen-bond acceptors (Lipinski definition) is 2. The van der Waals surface area contributed by atoms with E-state index < -0.39 is 12.1 Å². The van der Waals surface area contributed by atoms with Gasteiger partial charge < -0.3 is 0 Å². The fourth-order valence-electron chi connectivity index (χ4n) is 0.176. The van der Waals surface area contributed by atoms with Crippen LogP contribution < -0.4 is 5.32 Å². The SMILES string of the molecule is O=C(NC(=O)N(Cl)Cl)N(Cl)Cl. The standard InChI is InChI=1S/C2HCl4N3O2/c3-8(4)1(10)7-2(11)9(5)6/h(H,7,10,11). The Morgan fingerprint density at radius 2 is 1.18 bits per heavy atom. The van der Waals surface area contributed by atoms with Crippen LogP contribution in [0.5, 0.6) is 0 Å². The van der Waals surface area contributed by atoms with Crippen molar-refractivity contribution >= 4 is 59.2 Å². The van der Waals surface area contributed by atoms with E-state index in [0.29, 0.717) is 0 Å². The maximum absolute atomic E-state index is 10.4. The number of nitrogens with one attached hydrogen (secondary N) is 1. The molecule has 0 atom stereocenters. The van der Waals surface area contributed by atoms with Gasteiger partial charge in [0, 0.05) is 47.1 Å². The largest absolute Gasteiger partial charge is 0.355 e. The summed E-state index contributed by atoms with van der Waals surface area (Å²) in [6.45, 7) is 0. The van der Waals surface area contributed by atoms with Crippen molar-refractivity contribution in [3.8, 4) is 0 Å². The molecule has 0 unspecified atom stereocenters. The summed E-state index contributed by atoms with van der Waals surface area (Å²) in [6, 6.07) is -2.10. The Morgan fingerprint density at radius 1 is 0.909 bits per heavy atom. The minimum absolute atomic E-state index is 0.120. The molecule has 0 heterocycles. The number of urea groups is 2. The molecule has 0 aromatic carbocycles. The molecular formula is C2HCl4N3O2. The Bertz CT molecular complexity index is 153. The zero-order valence-corrected chi connectivity index (χ0v) is 7.75. The van der Waals surface area contributed by atoms with Gasteiger partial charge in [-0.3, -0.25) is 5.32 Å². The third kappa shape index (κ3) is 4.36. The van der Waals surface area contributed by atoms with Gasteiger partial charge in [0.05, 0.1) is 0 Å². The number of rotatable bonds is 0. The summed E-state index contributed by atoms with van der Waals surface area (Å²) in [5.74, 6) is 0. The van der Waals surface area contributed by atoms with Crippen molar-refractivity contribution in [3.63, 3.8) is 0 Å². The lowest BCUT2D eigenvalue weighted by atomic mass is 10.9. The minimum Gasteiger partial charge on any atom is -0.255 e. The molecular weight excluding hydrogens is 240 g/mol. The molecule has 0 radical (unpaired) electrons. The number of hydrogen-bond donors (Lipinski definition) is 1. The number of imide groups is 1. The van der Waals surface area contributed by atoms with Crippen molar-refractivity contribution in [2.45, 2.75) is 0 Å². The fourth-order valence-corrected chi connectivity index (χ4v) is 0.345. The average molecular weight is 241 g/mol. The topological polar surface area (TPSA) is 52.7 Å². The highest BCUT2D eigenvalue weighted by molar-refractivity contribution is 6.44. The second kappa shape index (κ2) is 4.71. The van der Waals surface area contributed by atoms with Crippen molar-refractivity contribution in [2.75, 3.05) is 0 Å². The average Bonchev–Trinajstić information content (AvgIpc) is 1.87. The fraction of sp³-hybridized carbons (Fsp3) is 0. The Hall–Kier alpha value is -0.100. The molecule has 0 aromatic heterocycles. The zero-order chi connectivity index (χ0) is 9.02. The van der Waals surface area contributed by atoms with Gasteiger partial charge in [0.2, 0.25) is 0 Å². The van der Waals surface area contributed by atoms with Gasteiger partial charge in [0.25, 0.3) is 0 Å². The van der Waals surface area contributed by atoms with E-state index in [0.717, 1.165) is 0 Å². The molecule has 0 bridgehead atoms. The molecule has 0 fully saturated rings. The number of nitrogens with zero attached hydrogens (tertiary/aromatic N) is 2. The number of carbonyl (C=O) groups is 2. The van der Waals surface area contributed by atoms with Gasteiger partial charge in [-0.2, -0.15) is 0 Å². The van der Waals surface area contributed by atoms with Crippen LogP contribution in [0.15, 0.2) is 0 Å². The zero-order valence-electron chi connectivity index (χ0n) is 4.72. The molecule has 0 spiro atoms. The Kier molecular flexibility index (Phi) is 4.67. The normalized spacial score (nSPS) is 8.73. The number of halogens is 4. The summed E-state index contributed by atoms with van der Waals surface area (Å²) < 4.78 is 0.240. The van der Waals surface area contributed by atoms with Crippen LogP contribution in [0.1, 0.15) is 0 Å². The highest BCUT2D eigenvalue weighted by Gasteiger charge is 2.15. The number of amides is 4. The molecule has 5 nitrogen and oxygen atoms in total. The molecule has 1 N–H and O–H groups in total. The summed E-state index contributed by atoms with van der Waals surface area (Å²) in [4.78, 5) is 20.9. The van der Waals surface area contributed by atoms with Gasteiger partial charge in [0.15, 0.2) is 0 Å². The van der Waals surface area contributed by atoms with Gasteiger partial charge in [-0.15, -0.1) is 7.88 Å². The van der Waals surface area contributed by atoms with E-state index in [1.54, 1.807) is 5.32 Å². The van der Waals surface area contributed by atoms with Gasteiger partial charge in [-0.25, -0.2) is 9.59 Å². The number of carbonyl (C=O) groups excluding carboxylic acids is 2. The Balaban J connectivity index is 3.86. The predicted octanol–water partition coefficient (Wildman–Crippen LogP) is 2.04. The van der Waals surface area contributed by atoms with E-state index in [2.05, 4.69) is 0 Å². The van der Waals surface area contributed by atoms with Crippen LogP contribution >= 0.6 is 47.1 Å². The summed E-state index contributed by atoms with van der Waals surface area (Å²) >= 11 is 19.6. The first-order valence-electron chi connectivity index (χ1n) is 2.03. The van der Waals surface area contributed by atoms with Gasteiger partial charge in [-0.05, 0) is 0 Å². The first-order valence-corrected chi connectivity index (χ1v) is 3.38. The second-order valence-electron chi connectivity index (χ2n) is 1.20. The van der Waals surface area contributed by atoms with Crippen molar-refractivity contribution < 1.29 is 9.59 Å². The highest BCUT2D eigenvalue weighted by atomic mass is 35.5. The summed E-state index contributed by atoms with van der Waals surface area (Å²) in [5.41, 5.74) is 0. The monoisotopic (exact) mass is 239 g/mol. The molecule has 64 valence electrons. The first kappa shape index (κ1) is 10.9. The third-order valence-corrected chi connectivity index (χ3v) is 1.13. The lowest BCUT2D eigenvalue weighted by molar-refractivity contribution is 0.222. The highest BCUT2D eigenvalue weighted by Crippen LogP contribution is 2.02. The lowest BCUT2D eigenvalue weighted by Crippen LogP contribution is -2.37. The van der Waals surface area contributed by atoms with Crippen LogP contribution in [0.4, 0.5) is 9.59 Å². The van der Waals surface area contributed by atoms with Crippen molar-refractivity contribution in [3.05, 3.63) is 0 Å². The van der Waals surface area contributed by atoms with Gasteiger partial charge in [-0.1, -0.05) is 0 Å². The molecule has 0 aliphatic carbocycles. The van der Waals surface area contributed by atoms with Crippen LogP contribution in [0.2, 0.25) is 0 Å². The molecule has 0 aromatic rings. The quantitative estimate of drug-likeness (QED) is 0.659. The summed E-state index contributed by atoms with van der Waals surface area (Å²) in [7, 11) is 0. The molecule has 11 heavy (non-hydrogen) atoms. The van der Waals surface area contributed by atoms with Crippen molar-refractivity contribution in [2.24, 2.45) is 0 Å². The van der Waals surface area contributed by atoms with Gasteiger partial charge in [0.1, 0.15) is 0 Å². The lowest BCUT2D eigenvalue weighted by Gasteiger charge is -2.06. The second-order valence-corrected chi connectivity index (χ2v) is 2.90. The van der Waals surface area contributed by atoms with E-state index in [4.69, 9.17) is 47.1 Å². The van der Waals surface area contributed by atoms with Crippen molar-refractivity contribution in [1.29, 1.82) is 0 Å². The maximum Gasteiger partial charge on any atom is 0.355 e.